The van der Waals surface area contributed by atoms with Crippen LogP contribution in [-0.4, -0.2) is 32.2 Å². The third-order valence-corrected chi connectivity index (χ3v) is 4.84. The molecule has 5 nitrogen and oxygen atoms in total. The van der Waals surface area contributed by atoms with Crippen LogP contribution < -0.4 is 4.90 Å². The van der Waals surface area contributed by atoms with Gasteiger partial charge in [0.25, 0.3) is 0 Å². The van der Waals surface area contributed by atoms with Gasteiger partial charge in [0.1, 0.15) is 22.5 Å². The van der Waals surface area contributed by atoms with E-state index in [2.05, 4.69) is 16.8 Å². The highest BCUT2D eigenvalue weighted by atomic mass is 32.2. The molecule has 2 rings (SSSR count). The van der Waals surface area contributed by atoms with E-state index in [1.165, 1.54) is 18.4 Å². The summed E-state index contributed by atoms with van der Waals surface area (Å²) >= 11 is 0. The molecular weight excluding hydrogens is 274 g/mol. The van der Waals surface area contributed by atoms with E-state index in [9.17, 15) is 8.42 Å². The fourth-order valence-corrected chi connectivity index (χ4v) is 3.51. The van der Waals surface area contributed by atoms with Crippen LogP contribution in [-0.2, 0) is 9.84 Å². The first kappa shape index (κ1) is 14.8. The van der Waals surface area contributed by atoms with Crippen molar-refractivity contribution in [1.29, 1.82) is 5.26 Å². The third kappa shape index (κ3) is 2.93. The van der Waals surface area contributed by atoms with Crippen LogP contribution in [0.15, 0.2) is 17.0 Å². The number of nitrogens with zero attached hydrogens (tertiary/aromatic N) is 3. The third-order valence-electron chi connectivity index (χ3n) is 3.72. The highest BCUT2D eigenvalue weighted by molar-refractivity contribution is 7.90. The zero-order chi connectivity index (χ0) is 14.8. The molecule has 20 heavy (non-hydrogen) atoms. The molecule has 0 aliphatic carbocycles. The van der Waals surface area contributed by atoms with Gasteiger partial charge in [0.2, 0.25) is 0 Å². The van der Waals surface area contributed by atoms with E-state index >= 15 is 0 Å². The summed E-state index contributed by atoms with van der Waals surface area (Å²) in [6.07, 6.45) is 5.35. The Labute approximate surface area is 120 Å². The standard InChI is InChI=1S/C14H19N3O2S/c1-3-12-6-4-5-9-17(12)14-13(20(2,18)19)8-7-11(10-15)16-14/h7-8,12H,3-6,9H2,1-2H3. The van der Waals surface area contributed by atoms with Gasteiger partial charge >= 0.3 is 0 Å². The summed E-state index contributed by atoms with van der Waals surface area (Å²) in [6, 6.07) is 5.24. The summed E-state index contributed by atoms with van der Waals surface area (Å²) in [7, 11) is -3.35. The van der Waals surface area contributed by atoms with Crippen LogP contribution in [0.1, 0.15) is 38.3 Å². The molecule has 0 spiro atoms. The van der Waals surface area contributed by atoms with Crippen molar-refractivity contribution in [3.8, 4) is 6.07 Å². The molecule has 1 fully saturated rings. The lowest BCUT2D eigenvalue weighted by molar-refractivity contribution is 0.444. The zero-order valence-electron chi connectivity index (χ0n) is 11.8. The molecule has 1 saturated heterocycles. The Morgan fingerprint density at radius 3 is 2.80 bits per heavy atom. The average Bonchev–Trinajstić information content (AvgIpc) is 2.45. The second kappa shape index (κ2) is 5.80. The Bertz CT molecular complexity index is 634. The number of nitriles is 1. The van der Waals surface area contributed by atoms with Crippen molar-refractivity contribution in [2.75, 3.05) is 17.7 Å². The molecule has 1 aliphatic rings. The molecule has 1 unspecified atom stereocenters. The fraction of sp³-hybridized carbons (Fsp3) is 0.571. The lowest BCUT2D eigenvalue weighted by Gasteiger charge is -2.37. The van der Waals surface area contributed by atoms with E-state index in [0.717, 1.165) is 32.2 Å². The van der Waals surface area contributed by atoms with Crippen LogP contribution in [0.2, 0.25) is 0 Å². The largest absolute Gasteiger partial charge is 0.353 e. The van der Waals surface area contributed by atoms with Gasteiger partial charge in [-0.05, 0) is 37.8 Å². The van der Waals surface area contributed by atoms with Crippen LogP contribution in [0.3, 0.4) is 0 Å². The van der Waals surface area contributed by atoms with Crippen LogP contribution >= 0.6 is 0 Å². The van der Waals surface area contributed by atoms with E-state index in [0.29, 0.717) is 11.9 Å². The molecule has 0 amide bonds. The number of hydrogen-bond acceptors (Lipinski definition) is 5. The van der Waals surface area contributed by atoms with Crippen molar-refractivity contribution in [3.05, 3.63) is 17.8 Å². The number of piperidine rings is 1. The van der Waals surface area contributed by atoms with Crippen LogP contribution in [0, 0.1) is 11.3 Å². The molecule has 108 valence electrons. The molecule has 1 aromatic rings. The molecule has 1 aliphatic heterocycles. The van der Waals surface area contributed by atoms with Crippen molar-refractivity contribution in [2.24, 2.45) is 0 Å². The highest BCUT2D eigenvalue weighted by Crippen LogP contribution is 2.30. The summed E-state index contributed by atoms with van der Waals surface area (Å²) in [4.78, 5) is 6.54. The first-order valence-corrected chi connectivity index (χ1v) is 8.74. The van der Waals surface area contributed by atoms with Crippen molar-refractivity contribution >= 4 is 15.7 Å². The highest BCUT2D eigenvalue weighted by Gasteiger charge is 2.27. The van der Waals surface area contributed by atoms with Crippen molar-refractivity contribution in [1.82, 2.24) is 4.98 Å². The van der Waals surface area contributed by atoms with Gasteiger partial charge in [0, 0.05) is 18.8 Å². The molecule has 2 heterocycles. The molecule has 1 aromatic heterocycles. The topological polar surface area (TPSA) is 74.1 Å². The van der Waals surface area contributed by atoms with Gasteiger partial charge < -0.3 is 4.90 Å². The summed E-state index contributed by atoms with van der Waals surface area (Å²) in [6.45, 7) is 2.89. The van der Waals surface area contributed by atoms with E-state index in [4.69, 9.17) is 5.26 Å². The number of aromatic nitrogens is 1. The number of hydrogen-bond donors (Lipinski definition) is 0. The minimum absolute atomic E-state index is 0.219. The van der Waals surface area contributed by atoms with Crippen LogP contribution in [0.5, 0.6) is 0 Å². The molecule has 6 heteroatoms. The van der Waals surface area contributed by atoms with Gasteiger partial charge in [0.15, 0.2) is 9.84 Å². The zero-order valence-corrected chi connectivity index (χ0v) is 12.7. The van der Waals surface area contributed by atoms with E-state index in [1.54, 1.807) is 0 Å². The Balaban J connectivity index is 2.55. The van der Waals surface area contributed by atoms with Gasteiger partial charge in [-0.3, -0.25) is 0 Å². The van der Waals surface area contributed by atoms with Gasteiger partial charge in [-0.2, -0.15) is 5.26 Å². The van der Waals surface area contributed by atoms with Crippen LogP contribution in [0.4, 0.5) is 5.82 Å². The van der Waals surface area contributed by atoms with Gasteiger partial charge in [-0.1, -0.05) is 6.92 Å². The molecule has 0 radical (unpaired) electrons. The Morgan fingerprint density at radius 1 is 1.45 bits per heavy atom. The predicted octanol–water partition coefficient (Wildman–Crippen LogP) is 2.13. The Kier molecular flexibility index (Phi) is 4.29. The SMILES string of the molecule is CCC1CCCCN1c1nc(C#N)ccc1S(C)(=O)=O. The second-order valence-electron chi connectivity index (χ2n) is 5.15. The molecule has 1 atom stereocenters. The smallest absolute Gasteiger partial charge is 0.179 e. The molecule has 0 aromatic carbocycles. The van der Waals surface area contributed by atoms with E-state index in [-0.39, 0.29) is 10.6 Å². The minimum atomic E-state index is -3.35. The number of pyridine rings is 1. The first-order chi connectivity index (χ1) is 9.47. The molecule has 0 N–H and O–H groups in total. The Hall–Kier alpha value is -1.61. The fourth-order valence-electron chi connectivity index (χ4n) is 2.70. The second-order valence-corrected chi connectivity index (χ2v) is 7.14. The number of rotatable bonds is 3. The normalized spacial score (nSPS) is 19.6. The predicted molar refractivity (Wildman–Crippen MR) is 77.3 cm³/mol. The lowest BCUT2D eigenvalue weighted by Crippen LogP contribution is -2.40. The maximum atomic E-state index is 11.9. The molecule has 0 saturated carbocycles. The van der Waals surface area contributed by atoms with Gasteiger partial charge in [0.05, 0.1) is 0 Å². The van der Waals surface area contributed by atoms with E-state index < -0.39 is 9.84 Å². The Morgan fingerprint density at radius 2 is 2.20 bits per heavy atom. The average molecular weight is 293 g/mol. The number of anilines is 1. The number of sulfone groups is 1. The monoisotopic (exact) mass is 293 g/mol. The maximum Gasteiger partial charge on any atom is 0.179 e. The summed E-state index contributed by atoms with van der Waals surface area (Å²) < 4.78 is 23.9. The minimum Gasteiger partial charge on any atom is -0.353 e. The molecule has 0 bridgehead atoms. The van der Waals surface area contributed by atoms with Crippen molar-refractivity contribution in [3.63, 3.8) is 0 Å². The van der Waals surface area contributed by atoms with Crippen molar-refractivity contribution in [2.45, 2.75) is 43.5 Å². The summed E-state index contributed by atoms with van der Waals surface area (Å²) in [5, 5.41) is 9.00. The van der Waals surface area contributed by atoms with E-state index in [1.807, 2.05) is 6.07 Å². The van der Waals surface area contributed by atoms with Crippen molar-refractivity contribution < 1.29 is 8.42 Å². The first-order valence-electron chi connectivity index (χ1n) is 6.85. The van der Waals surface area contributed by atoms with Gasteiger partial charge in [-0.25, -0.2) is 13.4 Å². The quantitative estimate of drug-likeness (QED) is 0.853. The van der Waals surface area contributed by atoms with Gasteiger partial charge in [-0.15, -0.1) is 0 Å². The maximum absolute atomic E-state index is 11.9. The van der Waals surface area contributed by atoms with Crippen LogP contribution in [0.25, 0.3) is 0 Å². The summed E-state index contributed by atoms with van der Waals surface area (Å²) in [5.74, 6) is 0.443. The molecular formula is C14H19N3O2S. The summed E-state index contributed by atoms with van der Waals surface area (Å²) in [5.41, 5.74) is 0.257. The lowest BCUT2D eigenvalue weighted by atomic mass is 10.00.